The van der Waals surface area contributed by atoms with E-state index in [1.54, 1.807) is 12.1 Å². The third-order valence-electron chi connectivity index (χ3n) is 5.13. The summed E-state index contributed by atoms with van der Waals surface area (Å²) in [7, 11) is 0. The summed E-state index contributed by atoms with van der Waals surface area (Å²) in [5.41, 5.74) is 4.07. The molecule has 2 aliphatic rings. The molecule has 28 heavy (non-hydrogen) atoms. The Morgan fingerprint density at radius 1 is 1.00 bits per heavy atom. The number of thiocarbonyl (C=S) groups is 1. The van der Waals surface area contributed by atoms with E-state index >= 15 is 0 Å². The number of rotatable bonds is 2. The molecule has 2 aromatic carbocycles. The third kappa shape index (κ3) is 4.10. The van der Waals surface area contributed by atoms with E-state index in [1.165, 1.54) is 0 Å². The Hall–Kier alpha value is -1.10. The summed E-state index contributed by atoms with van der Waals surface area (Å²) in [6.45, 7) is 0. The second kappa shape index (κ2) is 8.33. The summed E-state index contributed by atoms with van der Waals surface area (Å²) in [6, 6.07) is 11.1. The van der Waals surface area contributed by atoms with Gasteiger partial charge in [-0.3, -0.25) is 0 Å². The summed E-state index contributed by atoms with van der Waals surface area (Å²) < 4.78 is 0. The van der Waals surface area contributed by atoms with Crippen molar-refractivity contribution in [3.05, 3.63) is 73.2 Å². The molecule has 2 aromatic rings. The summed E-state index contributed by atoms with van der Waals surface area (Å²) in [4.78, 5) is 4.68. The minimum atomic E-state index is -0.0332. The van der Waals surface area contributed by atoms with Gasteiger partial charge in [-0.15, -0.1) is 0 Å². The van der Waals surface area contributed by atoms with Gasteiger partial charge in [0.05, 0.1) is 11.8 Å². The molecule has 4 rings (SSSR count). The zero-order chi connectivity index (χ0) is 19.8. The van der Waals surface area contributed by atoms with Crippen molar-refractivity contribution in [3.8, 4) is 0 Å². The van der Waals surface area contributed by atoms with Gasteiger partial charge in [0.2, 0.25) is 0 Å². The van der Waals surface area contributed by atoms with Crippen molar-refractivity contribution in [2.75, 3.05) is 0 Å². The average Bonchev–Trinajstić information content (AvgIpc) is 2.64. The zero-order valence-electron chi connectivity index (χ0n) is 14.7. The van der Waals surface area contributed by atoms with Gasteiger partial charge in [-0.2, -0.15) is 0 Å². The number of nitrogens with one attached hydrogen (secondary N) is 1. The molecule has 0 radical (unpaired) electrons. The van der Waals surface area contributed by atoms with Gasteiger partial charge in [-0.25, -0.2) is 4.99 Å². The van der Waals surface area contributed by atoms with E-state index in [-0.39, 0.29) is 12.0 Å². The summed E-state index contributed by atoms with van der Waals surface area (Å²) in [6.07, 6.45) is 5.08. The maximum atomic E-state index is 6.49. The first-order valence-electron chi connectivity index (χ1n) is 8.92. The highest BCUT2D eigenvalue weighted by molar-refractivity contribution is 7.80. The molecule has 0 amide bonds. The summed E-state index contributed by atoms with van der Waals surface area (Å²) in [5, 5.41) is 6.29. The predicted molar refractivity (Wildman–Crippen MR) is 124 cm³/mol. The molecule has 0 aromatic heterocycles. The monoisotopic (exact) mass is 468 g/mol. The third-order valence-corrected chi connectivity index (χ3v) is 6.47. The molecule has 0 bridgehead atoms. The lowest BCUT2D eigenvalue weighted by Gasteiger charge is -2.38. The van der Waals surface area contributed by atoms with Crippen LogP contribution < -0.4 is 5.32 Å². The standard InChI is InChI=1S/C21H16Cl4N2S/c22-13-5-4-11(17(24)9-13)8-12-2-1-3-16-19(12)26-21(28)27-20(16)15-7-6-14(23)10-18(15)25/h4-10,16,20H,1-3H2,(H,27,28)/b12-8+/t16-,20-/m1/s1. The van der Waals surface area contributed by atoms with Crippen molar-refractivity contribution in [1.29, 1.82) is 0 Å². The molecule has 7 heteroatoms. The molecule has 1 N–H and O–H groups in total. The van der Waals surface area contributed by atoms with Crippen molar-refractivity contribution in [3.63, 3.8) is 0 Å². The van der Waals surface area contributed by atoms with Crippen LogP contribution in [0.25, 0.3) is 6.08 Å². The van der Waals surface area contributed by atoms with E-state index in [9.17, 15) is 0 Å². The molecule has 1 aliphatic carbocycles. The Morgan fingerprint density at radius 3 is 2.43 bits per heavy atom. The fraction of sp³-hybridized carbons (Fsp3) is 0.238. The Balaban J connectivity index is 1.74. The van der Waals surface area contributed by atoms with Crippen molar-refractivity contribution >= 4 is 75.5 Å². The van der Waals surface area contributed by atoms with E-state index in [2.05, 4.69) is 16.4 Å². The van der Waals surface area contributed by atoms with Gasteiger partial charge in [0.25, 0.3) is 0 Å². The second-order valence-corrected chi connectivity index (χ2v) is 9.00. The molecule has 1 fully saturated rings. The van der Waals surface area contributed by atoms with Gasteiger partial charge in [0.1, 0.15) is 0 Å². The van der Waals surface area contributed by atoms with Crippen LogP contribution in [0.1, 0.15) is 36.4 Å². The van der Waals surface area contributed by atoms with Crippen molar-refractivity contribution in [1.82, 2.24) is 5.32 Å². The Kier molecular flexibility index (Phi) is 6.01. The van der Waals surface area contributed by atoms with Gasteiger partial charge in [-0.1, -0.05) is 58.5 Å². The number of halogens is 4. The van der Waals surface area contributed by atoms with Crippen LogP contribution >= 0.6 is 58.6 Å². The highest BCUT2D eigenvalue weighted by Gasteiger charge is 2.36. The lowest BCUT2D eigenvalue weighted by atomic mass is 9.76. The quantitative estimate of drug-likeness (QED) is 0.459. The van der Waals surface area contributed by atoms with E-state index in [1.807, 2.05) is 24.3 Å². The van der Waals surface area contributed by atoms with Crippen LogP contribution in [0.4, 0.5) is 0 Å². The predicted octanol–water partition coefficient (Wildman–Crippen LogP) is 7.55. The molecular formula is C21H16Cl4N2S. The maximum Gasteiger partial charge on any atom is 0.193 e. The highest BCUT2D eigenvalue weighted by atomic mass is 35.5. The van der Waals surface area contributed by atoms with Crippen molar-refractivity contribution in [2.24, 2.45) is 10.9 Å². The topological polar surface area (TPSA) is 24.4 Å². The van der Waals surface area contributed by atoms with E-state index in [4.69, 9.17) is 58.6 Å². The van der Waals surface area contributed by atoms with Crippen LogP contribution in [0.15, 0.2) is 47.0 Å². The smallest absolute Gasteiger partial charge is 0.193 e. The first-order valence-corrected chi connectivity index (χ1v) is 10.8. The first kappa shape index (κ1) is 20.2. The number of benzene rings is 2. The molecule has 0 spiro atoms. The van der Waals surface area contributed by atoms with E-state index < -0.39 is 0 Å². The summed E-state index contributed by atoms with van der Waals surface area (Å²) in [5.74, 6) is 0.177. The van der Waals surface area contributed by atoms with Crippen LogP contribution in [0.5, 0.6) is 0 Å². The van der Waals surface area contributed by atoms with Gasteiger partial charge < -0.3 is 5.32 Å². The lowest BCUT2D eigenvalue weighted by Crippen LogP contribution is -2.43. The van der Waals surface area contributed by atoms with Crippen molar-refractivity contribution < 1.29 is 0 Å². The van der Waals surface area contributed by atoms with Gasteiger partial charge >= 0.3 is 0 Å². The second-order valence-electron chi connectivity index (χ2n) is 6.92. The molecular weight excluding hydrogens is 454 g/mol. The average molecular weight is 470 g/mol. The fourth-order valence-corrected chi connectivity index (χ4v) is 5.08. The molecule has 1 saturated carbocycles. The van der Waals surface area contributed by atoms with E-state index in [0.717, 1.165) is 41.7 Å². The lowest BCUT2D eigenvalue weighted by molar-refractivity contribution is 0.441. The van der Waals surface area contributed by atoms with Gasteiger partial charge in [0.15, 0.2) is 5.11 Å². The largest absolute Gasteiger partial charge is 0.353 e. The number of allylic oxidation sites excluding steroid dienone is 1. The van der Waals surface area contributed by atoms with Crippen LogP contribution in [-0.2, 0) is 0 Å². The molecule has 2 atom stereocenters. The number of hydrogen-bond donors (Lipinski definition) is 1. The molecule has 1 aliphatic heterocycles. The highest BCUT2D eigenvalue weighted by Crippen LogP contribution is 2.41. The molecule has 1 heterocycles. The van der Waals surface area contributed by atoms with Crippen LogP contribution in [0, 0.1) is 5.92 Å². The van der Waals surface area contributed by atoms with Crippen LogP contribution in [0.3, 0.4) is 0 Å². The minimum Gasteiger partial charge on any atom is -0.353 e. The fourth-order valence-electron chi connectivity index (χ4n) is 3.87. The SMILES string of the molecule is S=C1N=C2/C(=C/c3ccc(Cl)cc3Cl)CCC[C@H]2[C@@H](c2ccc(Cl)cc2Cl)N1. The van der Waals surface area contributed by atoms with Crippen LogP contribution in [-0.4, -0.2) is 10.8 Å². The molecule has 144 valence electrons. The van der Waals surface area contributed by atoms with Gasteiger partial charge in [-0.05, 0) is 78.5 Å². The number of fused-ring (bicyclic) bond motifs is 1. The maximum absolute atomic E-state index is 6.49. The van der Waals surface area contributed by atoms with Gasteiger partial charge in [0, 0.05) is 26.0 Å². The Labute approximate surface area is 189 Å². The van der Waals surface area contributed by atoms with Crippen LogP contribution in [0.2, 0.25) is 20.1 Å². The normalized spacial score (nSPS) is 23.2. The zero-order valence-corrected chi connectivity index (χ0v) is 18.5. The van der Waals surface area contributed by atoms with Crippen molar-refractivity contribution in [2.45, 2.75) is 25.3 Å². The number of aliphatic imine (C=N–C) groups is 1. The van der Waals surface area contributed by atoms with E-state index in [0.29, 0.717) is 25.2 Å². The molecule has 0 saturated heterocycles. The Bertz CT molecular complexity index is 1020. The number of hydrogen-bond acceptors (Lipinski definition) is 1. The Morgan fingerprint density at radius 2 is 1.71 bits per heavy atom. The summed E-state index contributed by atoms with van der Waals surface area (Å²) >= 11 is 30.4. The minimum absolute atomic E-state index is 0.0332. The number of nitrogens with zero attached hydrogens (tertiary/aromatic N) is 1. The molecule has 0 unspecified atom stereocenters. The first-order chi connectivity index (χ1) is 13.4. The molecule has 2 nitrogen and oxygen atoms in total.